The molecular weight excluding hydrogens is 416 g/mol. The van der Waals surface area contributed by atoms with Gasteiger partial charge >= 0.3 is 5.97 Å². The summed E-state index contributed by atoms with van der Waals surface area (Å²) in [4.78, 5) is 12.0. The number of ether oxygens (including phenoxy) is 1. The van der Waals surface area contributed by atoms with E-state index in [0.717, 1.165) is 25.7 Å². The maximum atomic E-state index is 13.0. The van der Waals surface area contributed by atoms with E-state index in [-0.39, 0.29) is 35.0 Å². The average Bonchev–Trinajstić information content (AvgIpc) is 3.20. The normalized spacial score (nSPS) is 21.9. The van der Waals surface area contributed by atoms with Gasteiger partial charge in [0.15, 0.2) is 0 Å². The molecular formula is C19H28N2O6S2. The van der Waals surface area contributed by atoms with Gasteiger partial charge in [0.2, 0.25) is 20.0 Å². The van der Waals surface area contributed by atoms with Crippen molar-refractivity contribution in [3.63, 3.8) is 0 Å². The van der Waals surface area contributed by atoms with Crippen LogP contribution in [0.3, 0.4) is 0 Å². The van der Waals surface area contributed by atoms with Crippen LogP contribution in [0.4, 0.5) is 0 Å². The van der Waals surface area contributed by atoms with Crippen molar-refractivity contribution in [2.75, 3.05) is 19.7 Å². The van der Waals surface area contributed by atoms with Gasteiger partial charge in [0.05, 0.1) is 22.3 Å². The van der Waals surface area contributed by atoms with Gasteiger partial charge in [0.25, 0.3) is 0 Å². The molecule has 0 bridgehead atoms. The van der Waals surface area contributed by atoms with Crippen molar-refractivity contribution in [3.8, 4) is 0 Å². The van der Waals surface area contributed by atoms with Crippen molar-refractivity contribution in [2.24, 2.45) is 5.92 Å². The van der Waals surface area contributed by atoms with Crippen LogP contribution in [0.25, 0.3) is 0 Å². The Morgan fingerprint density at radius 2 is 1.66 bits per heavy atom. The Bertz CT molecular complexity index is 922. The molecule has 1 aliphatic heterocycles. The second-order valence-corrected chi connectivity index (χ2v) is 11.2. The lowest BCUT2D eigenvalue weighted by Gasteiger charge is -2.30. The van der Waals surface area contributed by atoms with Gasteiger partial charge in [-0.2, -0.15) is 4.31 Å². The minimum Gasteiger partial charge on any atom is -0.466 e. The molecule has 1 saturated carbocycles. The van der Waals surface area contributed by atoms with E-state index in [1.165, 1.54) is 28.6 Å². The molecule has 0 amide bonds. The van der Waals surface area contributed by atoms with Crippen LogP contribution in [0.1, 0.15) is 45.4 Å². The highest BCUT2D eigenvalue weighted by molar-refractivity contribution is 7.89. The molecule has 8 nitrogen and oxygen atoms in total. The lowest BCUT2D eigenvalue weighted by Crippen LogP contribution is -2.42. The average molecular weight is 445 g/mol. The standard InChI is InChI=1S/C19H28N2O6S2/c1-2-27-19(22)15-6-5-13-21(14-15)29(25,26)18-11-9-17(10-12-18)28(23,24)20-16-7-3-4-8-16/h9-12,15-16,20H,2-8,13-14H2,1H3/t15-/m1/s1. The van der Waals surface area contributed by atoms with Gasteiger partial charge in [-0.3, -0.25) is 4.79 Å². The largest absolute Gasteiger partial charge is 0.466 e. The third-order valence-electron chi connectivity index (χ3n) is 5.45. The molecule has 2 aliphatic rings. The molecule has 1 atom stereocenters. The smallest absolute Gasteiger partial charge is 0.310 e. The van der Waals surface area contributed by atoms with Crippen molar-refractivity contribution in [1.82, 2.24) is 9.03 Å². The molecule has 3 rings (SSSR count). The number of carbonyl (C=O) groups is 1. The van der Waals surface area contributed by atoms with Gasteiger partial charge in [-0.05, 0) is 56.9 Å². The number of nitrogens with one attached hydrogen (secondary N) is 1. The number of hydrogen-bond acceptors (Lipinski definition) is 6. The van der Waals surface area contributed by atoms with Crippen LogP contribution in [-0.4, -0.2) is 52.8 Å². The molecule has 0 aromatic heterocycles. The second kappa shape index (κ2) is 9.11. The molecule has 0 unspecified atom stereocenters. The van der Waals surface area contributed by atoms with Crippen LogP contribution in [0, 0.1) is 5.92 Å². The topological polar surface area (TPSA) is 110 Å². The molecule has 0 radical (unpaired) electrons. The Balaban J connectivity index is 1.73. The van der Waals surface area contributed by atoms with Crippen LogP contribution >= 0.6 is 0 Å². The molecule has 10 heteroatoms. The highest BCUT2D eigenvalue weighted by Gasteiger charge is 2.34. The van der Waals surface area contributed by atoms with E-state index in [9.17, 15) is 21.6 Å². The molecule has 1 aromatic rings. The first-order valence-corrected chi connectivity index (χ1v) is 13.0. The molecule has 0 spiro atoms. The summed E-state index contributed by atoms with van der Waals surface area (Å²) in [5, 5.41) is 0. The number of rotatable bonds is 7. The zero-order valence-corrected chi connectivity index (χ0v) is 18.2. The summed E-state index contributed by atoms with van der Waals surface area (Å²) < 4.78 is 59.9. The van der Waals surface area contributed by atoms with E-state index in [0.29, 0.717) is 19.4 Å². The summed E-state index contributed by atoms with van der Waals surface area (Å²) in [5.41, 5.74) is 0. The fraction of sp³-hybridized carbons (Fsp3) is 0.632. The number of benzene rings is 1. The molecule has 2 fully saturated rings. The summed E-state index contributed by atoms with van der Waals surface area (Å²) >= 11 is 0. The lowest BCUT2D eigenvalue weighted by molar-refractivity contribution is -0.149. The van der Waals surface area contributed by atoms with Gasteiger partial charge in [-0.1, -0.05) is 12.8 Å². The first-order valence-electron chi connectivity index (χ1n) is 10.0. The van der Waals surface area contributed by atoms with Crippen molar-refractivity contribution in [1.29, 1.82) is 0 Å². The van der Waals surface area contributed by atoms with Gasteiger partial charge in [-0.15, -0.1) is 0 Å². The number of hydrogen-bond donors (Lipinski definition) is 1. The summed E-state index contributed by atoms with van der Waals surface area (Å²) in [6, 6.07) is 5.20. The van der Waals surface area contributed by atoms with Gasteiger partial charge < -0.3 is 4.74 Å². The summed E-state index contributed by atoms with van der Waals surface area (Å²) in [6.45, 7) is 2.37. The predicted molar refractivity (Wildman–Crippen MR) is 107 cm³/mol. The SMILES string of the molecule is CCOC(=O)[C@@H]1CCCN(S(=O)(=O)c2ccc(S(=O)(=O)NC3CCCC3)cc2)C1. The van der Waals surface area contributed by atoms with Crippen LogP contribution < -0.4 is 4.72 Å². The first kappa shape index (κ1) is 22.2. The number of sulfonamides is 2. The van der Waals surface area contributed by atoms with E-state index >= 15 is 0 Å². The molecule has 1 aromatic carbocycles. The van der Waals surface area contributed by atoms with E-state index in [1.807, 2.05) is 0 Å². The molecule has 1 saturated heterocycles. The van der Waals surface area contributed by atoms with Gasteiger partial charge in [0.1, 0.15) is 0 Å². The zero-order chi connectivity index (χ0) is 21.1. The highest BCUT2D eigenvalue weighted by Crippen LogP contribution is 2.26. The van der Waals surface area contributed by atoms with E-state index in [4.69, 9.17) is 4.74 Å². The Hall–Kier alpha value is -1.49. The number of piperidine rings is 1. The van der Waals surface area contributed by atoms with Crippen LogP contribution in [0.2, 0.25) is 0 Å². The lowest BCUT2D eigenvalue weighted by atomic mass is 10.0. The van der Waals surface area contributed by atoms with Crippen LogP contribution in [-0.2, 0) is 29.6 Å². The van der Waals surface area contributed by atoms with E-state index in [2.05, 4.69) is 4.72 Å². The zero-order valence-electron chi connectivity index (χ0n) is 16.5. The fourth-order valence-electron chi connectivity index (χ4n) is 3.88. The van der Waals surface area contributed by atoms with Crippen molar-refractivity contribution in [2.45, 2.75) is 61.3 Å². The van der Waals surface area contributed by atoms with Crippen LogP contribution in [0.15, 0.2) is 34.1 Å². The van der Waals surface area contributed by atoms with Gasteiger partial charge in [-0.25, -0.2) is 21.6 Å². The number of nitrogens with zero attached hydrogens (tertiary/aromatic N) is 1. The summed E-state index contributed by atoms with van der Waals surface area (Å²) in [6.07, 6.45) is 4.82. The van der Waals surface area contributed by atoms with Gasteiger partial charge in [0, 0.05) is 19.1 Å². The Kier molecular flexibility index (Phi) is 6.98. The first-order chi connectivity index (χ1) is 13.7. The third-order valence-corrected chi connectivity index (χ3v) is 8.87. The molecule has 1 heterocycles. The maximum absolute atomic E-state index is 13.0. The van der Waals surface area contributed by atoms with Crippen molar-refractivity contribution in [3.05, 3.63) is 24.3 Å². The Labute approximate surface area is 172 Å². The monoisotopic (exact) mass is 444 g/mol. The molecule has 1 N–H and O–H groups in total. The maximum Gasteiger partial charge on any atom is 0.310 e. The summed E-state index contributed by atoms with van der Waals surface area (Å²) in [7, 11) is -7.49. The fourth-order valence-corrected chi connectivity index (χ4v) is 6.71. The minimum atomic E-state index is -3.82. The quantitative estimate of drug-likeness (QED) is 0.643. The van der Waals surface area contributed by atoms with E-state index < -0.39 is 26.0 Å². The number of carbonyl (C=O) groups excluding carboxylic acids is 1. The summed E-state index contributed by atoms with van der Waals surface area (Å²) in [5.74, 6) is -0.861. The second-order valence-electron chi connectivity index (χ2n) is 7.53. The molecule has 29 heavy (non-hydrogen) atoms. The number of esters is 1. The van der Waals surface area contributed by atoms with Crippen molar-refractivity contribution < 1.29 is 26.4 Å². The van der Waals surface area contributed by atoms with Crippen molar-refractivity contribution >= 4 is 26.0 Å². The highest BCUT2D eigenvalue weighted by atomic mass is 32.2. The Morgan fingerprint density at radius 3 is 2.28 bits per heavy atom. The van der Waals surface area contributed by atoms with E-state index in [1.54, 1.807) is 6.92 Å². The third kappa shape index (κ3) is 5.17. The minimum absolute atomic E-state index is 0.0156. The Morgan fingerprint density at radius 1 is 1.03 bits per heavy atom. The van der Waals surface area contributed by atoms with Crippen LogP contribution in [0.5, 0.6) is 0 Å². The molecule has 162 valence electrons. The molecule has 1 aliphatic carbocycles. The predicted octanol–water partition coefficient (Wildman–Crippen LogP) is 1.87.